The molecule has 0 spiro atoms. The van der Waals surface area contributed by atoms with Crippen molar-refractivity contribution < 1.29 is 33.3 Å². The van der Waals surface area contributed by atoms with Crippen LogP contribution in [0.4, 0.5) is 0 Å². The van der Waals surface area contributed by atoms with Gasteiger partial charge in [0.15, 0.2) is 6.29 Å². The smallest absolute Gasteiger partial charge is 0.330 e. The third-order valence-electron chi connectivity index (χ3n) is 3.19. The molecule has 1 saturated heterocycles. The van der Waals surface area contributed by atoms with Gasteiger partial charge in [-0.1, -0.05) is 0 Å². The molecule has 0 bridgehead atoms. The highest BCUT2D eigenvalue weighted by Gasteiger charge is 2.38. The third kappa shape index (κ3) is 5.07. The van der Waals surface area contributed by atoms with Crippen LogP contribution in [0, 0.1) is 0 Å². The van der Waals surface area contributed by atoms with Gasteiger partial charge in [0.25, 0.3) is 0 Å². The summed E-state index contributed by atoms with van der Waals surface area (Å²) >= 11 is 0. The Morgan fingerprint density at radius 3 is 2.40 bits per heavy atom. The summed E-state index contributed by atoms with van der Waals surface area (Å²) in [7, 11) is -0.438. The SMILES string of the molecule is COP(=O)(CC[C@@H]1C[C@@H](O)[C@@H](O)[C@H](OC(C)C)O1)OC. The molecular weight excluding hydrogens is 287 g/mol. The molecule has 0 amide bonds. The zero-order valence-corrected chi connectivity index (χ0v) is 13.3. The summed E-state index contributed by atoms with van der Waals surface area (Å²) in [5.74, 6) is 0. The maximum absolute atomic E-state index is 12.0. The molecule has 0 aromatic rings. The second kappa shape index (κ2) is 7.84. The van der Waals surface area contributed by atoms with E-state index < -0.39 is 26.1 Å². The van der Waals surface area contributed by atoms with E-state index in [0.717, 1.165) is 0 Å². The summed E-state index contributed by atoms with van der Waals surface area (Å²) in [5, 5.41) is 19.7. The minimum absolute atomic E-state index is 0.135. The zero-order chi connectivity index (χ0) is 15.3. The van der Waals surface area contributed by atoms with E-state index >= 15 is 0 Å². The molecule has 1 aliphatic heterocycles. The molecule has 120 valence electrons. The maximum atomic E-state index is 12.0. The third-order valence-corrected chi connectivity index (χ3v) is 5.11. The predicted octanol–water partition coefficient (Wildman–Crippen LogP) is 1.12. The standard InChI is InChI=1S/C12H25O7P/c1-8(2)18-12-11(14)10(13)7-9(19-12)5-6-20(15,16-3)17-4/h8-14H,5-7H2,1-4H3/t9-,10-,11-,12-/m1/s1. The quantitative estimate of drug-likeness (QED) is 0.680. The van der Waals surface area contributed by atoms with Crippen molar-refractivity contribution in [3.8, 4) is 0 Å². The molecule has 8 heteroatoms. The van der Waals surface area contributed by atoms with Crippen LogP contribution in [0.5, 0.6) is 0 Å². The van der Waals surface area contributed by atoms with Gasteiger partial charge in [-0.3, -0.25) is 4.57 Å². The topological polar surface area (TPSA) is 94.5 Å². The van der Waals surface area contributed by atoms with E-state index in [4.69, 9.17) is 18.5 Å². The molecule has 1 rings (SSSR count). The van der Waals surface area contributed by atoms with Gasteiger partial charge in [0, 0.05) is 20.6 Å². The Bertz CT molecular complexity index is 328. The fraction of sp³-hybridized carbons (Fsp3) is 1.00. The van der Waals surface area contributed by atoms with E-state index in [-0.39, 0.29) is 24.8 Å². The van der Waals surface area contributed by atoms with Crippen molar-refractivity contribution in [2.24, 2.45) is 0 Å². The predicted molar refractivity (Wildman–Crippen MR) is 72.6 cm³/mol. The van der Waals surface area contributed by atoms with Gasteiger partial charge in [-0.05, 0) is 20.3 Å². The van der Waals surface area contributed by atoms with Gasteiger partial charge in [0.1, 0.15) is 6.10 Å². The van der Waals surface area contributed by atoms with Crippen LogP contribution in [-0.2, 0) is 23.1 Å². The Balaban J connectivity index is 2.56. The first-order valence-corrected chi connectivity index (χ1v) is 8.41. The molecule has 7 nitrogen and oxygen atoms in total. The highest BCUT2D eigenvalue weighted by Crippen LogP contribution is 2.47. The van der Waals surface area contributed by atoms with Crippen LogP contribution in [-0.4, -0.2) is 61.3 Å². The van der Waals surface area contributed by atoms with E-state index in [1.165, 1.54) is 14.2 Å². The summed E-state index contributed by atoms with van der Waals surface area (Å²) in [5.41, 5.74) is 0. The molecule has 0 unspecified atom stereocenters. The molecule has 4 atom stereocenters. The lowest BCUT2D eigenvalue weighted by molar-refractivity contribution is -0.276. The van der Waals surface area contributed by atoms with Crippen molar-refractivity contribution in [2.75, 3.05) is 20.4 Å². The van der Waals surface area contributed by atoms with Crippen LogP contribution >= 0.6 is 7.60 Å². The Hall–Kier alpha value is -0.0100. The van der Waals surface area contributed by atoms with Gasteiger partial charge in [-0.2, -0.15) is 0 Å². The van der Waals surface area contributed by atoms with Crippen molar-refractivity contribution in [1.82, 2.24) is 0 Å². The van der Waals surface area contributed by atoms with Gasteiger partial charge in [-0.25, -0.2) is 0 Å². The van der Waals surface area contributed by atoms with E-state index in [2.05, 4.69) is 0 Å². The molecule has 1 heterocycles. The summed E-state index contributed by atoms with van der Waals surface area (Å²) in [4.78, 5) is 0. The fourth-order valence-corrected chi connectivity index (χ4v) is 3.16. The van der Waals surface area contributed by atoms with Gasteiger partial charge in [0.2, 0.25) is 0 Å². The van der Waals surface area contributed by atoms with E-state index in [1.807, 2.05) is 13.8 Å². The van der Waals surface area contributed by atoms with E-state index in [9.17, 15) is 14.8 Å². The fourth-order valence-electron chi connectivity index (χ4n) is 2.04. The minimum atomic E-state index is -3.10. The lowest BCUT2D eigenvalue weighted by Gasteiger charge is -2.37. The van der Waals surface area contributed by atoms with Crippen molar-refractivity contribution >= 4 is 7.60 Å². The monoisotopic (exact) mass is 312 g/mol. The molecule has 0 aromatic carbocycles. The van der Waals surface area contributed by atoms with Crippen molar-refractivity contribution in [1.29, 1.82) is 0 Å². The number of rotatable bonds is 7. The number of ether oxygens (including phenoxy) is 2. The minimum Gasteiger partial charge on any atom is -0.390 e. The summed E-state index contributed by atoms with van der Waals surface area (Å²) in [6.07, 6.45) is -2.56. The van der Waals surface area contributed by atoms with Crippen LogP contribution in [0.3, 0.4) is 0 Å². The number of aliphatic hydroxyl groups excluding tert-OH is 2. The van der Waals surface area contributed by atoms with Crippen LogP contribution in [0.15, 0.2) is 0 Å². The van der Waals surface area contributed by atoms with Crippen molar-refractivity contribution in [3.63, 3.8) is 0 Å². The second-order valence-electron chi connectivity index (χ2n) is 5.09. The van der Waals surface area contributed by atoms with Crippen molar-refractivity contribution in [2.45, 2.75) is 57.4 Å². The maximum Gasteiger partial charge on any atom is 0.330 e. The summed E-state index contributed by atoms with van der Waals surface area (Å²) < 4.78 is 32.7. The molecular formula is C12H25O7P. The van der Waals surface area contributed by atoms with Crippen LogP contribution in [0.25, 0.3) is 0 Å². The molecule has 0 radical (unpaired) electrons. The molecule has 1 aliphatic rings. The average molecular weight is 312 g/mol. The molecule has 20 heavy (non-hydrogen) atoms. The second-order valence-corrected chi connectivity index (χ2v) is 7.49. The molecule has 0 saturated carbocycles. The van der Waals surface area contributed by atoms with Crippen LogP contribution in [0.1, 0.15) is 26.7 Å². The van der Waals surface area contributed by atoms with Gasteiger partial charge < -0.3 is 28.7 Å². The Morgan fingerprint density at radius 1 is 1.30 bits per heavy atom. The lowest BCUT2D eigenvalue weighted by atomic mass is 10.0. The Morgan fingerprint density at radius 2 is 1.90 bits per heavy atom. The molecule has 0 aliphatic carbocycles. The Labute approximate surface area is 119 Å². The van der Waals surface area contributed by atoms with E-state index in [0.29, 0.717) is 6.42 Å². The summed E-state index contributed by atoms with van der Waals surface area (Å²) in [6.45, 7) is 3.63. The van der Waals surface area contributed by atoms with Gasteiger partial charge in [-0.15, -0.1) is 0 Å². The highest BCUT2D eigenvalue weighted by molar-refractivity contribution is 7.53. The van der Waals surface area contributed by atoms with Gasteiger partial charge >= 0.3 is 7.60 Å². The largest absolute Gasteiger partial charge is 0.390 e. The van der Waals surface area contributed by atoms with Crippen molar-refractivity contribution in [3.05, 3.63) is 0 Å². The number of hydrogen-bond donors (Lipinski definition) is 2. The molecule has 0 aromatic heterocycles. The first-order valence-electron chi connectivity index (χ1n) is 6.69. The van der Waals surface area contributed by atoms with Gasteiger partial charge in [0.05, 0.1) is 24.5 Å². The van der Waals surface area contributed by atoms with Crippen LogP contribution < -0.4 is 0 Å². The van der Waals surface area contributed by atoms with E-state index in [1.54, 1.807) is 0 Å². The highest BCUT2D eigenvalue weighted by atomic mass is 31.2. The average Bonchev–Trinajstić information content (AvgIpc) is 2.41. The van der Waals surface area contributed by atoms with Crippen LogP contribution in [0.2, 0.25) is 0 Å². The first kappa shape index (κ1) is 18.0. The normalized spacial score (nSPS) is 31.8. The Kier molecular flexibility index (Phi) is 7.08. The summed E-state index contributed by atoms with van der Waals surface area (Å²) in [6, 6.07) is 0. The number of aliphatic hydroxyl groups is 2. The lowest BCUT2D eigenvalue weighted by Crippen LogP contribution is -2.50. The zero-order valence-electron chi connectivity index (χ0n) is 12.4. The molecule has 1 fully saturated rings. The first-order chi connectivity index (χ1) is 9.31. The number of hydrogen-bond acceptors (Lipinski definition) is 7. The molecule has 2 N–H and O–H groups in total.